The Labute approximate surface area is 114 Å². The Kier molecular flexibility index (Phi) is 3.80. The van der Waals surface area contributed by atoms with Crippen molar-refractivity contribution in [3.8, 4) is 0 Å². The quantitative estimate of drug-likeness (QED) is 0.875. The molecule has 0 bridgehead atoms. The first-order chi connectivity index (χ1) is 8.87. The molecule has 1 fully saturated rings. The van der Waals surface area contributed by atoms with Crippen LogP contribution in [0.2, 0.25) is 0 Å². The molecule has 1 aromatic rings. The second-order valence-corrected chi connectivity index (χ2v) is 5.98. The molecular formula is C15H22N2O2. The molecular weight excluding hydrogens is 240 g/mol. The number of rotatable bonds is 3. The van der Waals surface area contributed by atoms with E-state index < -0.39 is 5.97 Å². The van der Waals surface area contributed by atoms with Crippen LogP contribution in [0.1, 0.15) is 25.8 Å². The second-order valence-electron chi connectivity index (χ2n) is 5.98. The van der Waals surface area contributed by atoms with Crippen LogP contribution in [0.5, 0.6) is 0 Å². The van der Waals surface area contributed by atoms with Crippen molar-refractivity contribution in [3.63, 3.8) is 0 Å². The highest BCUT2D eigenvalue weighted by atomic mass is 16.4. The lowest BCUT2D eigenvalue weighted by molar-refractivity contribution is -0.137. The molecule has 0 radical (unpaired) electrons. The molecule has 1 aromatic carbocycles. The molecule has 1 atom stereocenters. The third-order valence-corrected chi connectivity index (χ3v) is 3.60. The summed E-state index contributed by atoms with van der Waals surface area (Å²) < 4.78 is 0. The Bertz CT molecular complexity index is 454. The number of nitrogens with zero attached hydrogens (tertiary/aromatic N) is 1. The van der Waals surface area contributed by atoms with Crippen molar-refractivity contribution in [2.75, 3.05) is 18.0 Å². The molecule has 2 N–H and O–H groups in total. The van der Waals surface area contributed by atoms with E-state index >= 15 is 0 Å². The average molecular weight is 262 g/mol. The lowest BCUT2D eigenvalue weighted by Gasteiger charge is -2.45. The molecule has 1 unspecified atom stereocenters. The van der Waals surface area contributed by atoms with Gasteiger partial charge in [0.1, 0.15) is 0 Å². The van der Waals surface area contributed by atoms with Gasteiger partial charge in [-0.2, -0.15) is 0 Å². The molecule has 2 rings (SSSR count). The zero-order valence-electron chi connectivity index (χ0n) is 11.8. The molecule has 1 aliphatic rings. The van der Waals surface area contributed by atoms with Crippen molar-refractivity contribution in [2.24, 2.45) is 0 Å². The molecule has 4 nitrogen and oxygen atoms in total. The average Bonchev–Trinajstić information content (AvgIpc) is 2.32. The van der Waals surface area contributed by atoms with Crippen LogP contribution < -0.4 is 10.2 Å². The summed E-state index contributed by atoms with van der Waals surface area (Å²) in [6.45, 7) is 7.86. The number of anilines is 1. The lowest BCUT2D eigenvalue weighted by Crippen LogP contribution is -2.62. The van der Waals surface area contributed by atoms with Gasteiger partial charge in [-0.05, 0) is 32.9 Å². The van der Waals surface area contributed by atoms with Crippen LogP contribution in [-0.4, -0.2) is 35.7 Å². The SMILES string of the molecule is Cc1ccc(N2CC(C)(C)NCC2CC(=O)O)cc1. The standard InChI is InChI=1S/C15H22N2O2/c1-11-4-6-12(7-5-11)17-10-15(2,3)16-9-13(17)8-14(18)19/h4-7,13,16H,8-10H2,1-3H3,(H,18,19). The molecule has 1 aliphatic heterocycles. The number of aryl methyl sites for hydroxylation is 1. The highest BCUT2D eigenvalue weighted by Crippen LogP contribution is 2.25. The van der Waals surface area contributed by atoms with E-state index in [1.165, 1.54) is 5.56 Å². The van der Waals surface area contributed by atoms with Crippen molar-refractivity contribution in [2.45, 2.75) is 38.8 Å². The summed E-state index contributed by atoms with van der Waals surface area (Å²) in [5.74, 6) is -0.747. The Balaban J connectivity index is 2.24. The van der Waals surface area contributed by atoms with E-state index in [0.29, 0.717) is 6.54 Å². The third kappa shape index (κ3) is 3.47. The number of carboxylic acids is 1. The monoisotopic (exact) mass is 262 g/mol. The van der Waals surface area contributed by atoms with Gasteiger partial charge in [0, 0.05) is 24.3 Å². The Morgan fingerprint density at radius 3 is 2.63 bits per heavy atom. The zero-order valence-corrected chi connectivity index (χ0v) is 11.8. The van der Waals surface area contributed by atoms with Gasteiger partial charge in [-0.1, -0.05) is 17.7 Å². The van der Waals surface area contributed by atoms with Crippen LogP contribution in [0.3, 0.4) is 0 Å². The fourth-order valence-corrected chi connectivity index (χ4v) is 2.54. The number of hydrogen-bond acceptors (Lipinski definition) is 3. The summed E-state index contributed by atoms with van der Waals surface area (Å²) >= 11 is 0. The maximum atomic E-state index is 11.0. The van der Waals surface area contributed by atoms with Crippen LogP contribution in [0.4, 0.5) is 5.69 Å². The highest BCUT2D eigenvalue weighted by molar-refractivity contribution is 5.69. The van der Waals surface area contributed by atoms with E-state index in [-0.39, 0.29) is 18.0 Å². The zero-order chi connectivity index (χ0) is 14.0. The van der Waals surface area contributed by atoms with Gasteiger partial charge < -0.3 is 15.3 Å². The van der Waals surface area contributed by atoms with Crippen molar-refractivity contribution in [3.05, 3.63) is 29.8 Å². The van der Waals surface area contributed by atoms with E-state index in [1.807, 2.05) is 0 Å². The summed E-state index contributed by atoms with van der Waals surface area (Å²) in [6, 6.07) is 8.30. The molecule has 0 aromatic heterocycles. The second kappa shape index (κ2) is 5.21. The molecule has 0 aliphatic carbocycles. The molecule has 1 saturated heterocycles. The third-order valence-electron chi connectivity index (χ3n) is 3.60. The number of carbonyl (C=O) groups is 1. The predicted octanol–water partition coefficient (Wildman–Crippen LogP) is 2.03. The van der Waals surface area contributed by atoms with Crippen molar-refractivity contribution < 1.29 is 9.90 Å². The Morgan fingerprint density at radius 1 is 1.42 bits per heavy atom. The van der Waals surface area contributed by atoms with Crippen LogP contribution in [0.25, 0.3) is 0 Å². The minimum atomic E-state index is -0.747. The number of hydrogen-bond donors (Lipinski definition) is 2. The van der Waals surface area contributed by atoms with Crippen LogP contribution >= 0.6 is 0 Å². The Morgan fingerprint density at radius 2 is 2.05 bits per heavy atom. The summed E-state index contributed by atoms with van der Waals surface area (Å²) in [5, 5.41) is 12.5. The summed E-state index contributed by atoms with van der Waals surface area (Å²) in [6.07, 6.45) is 0.164. The maximum Gasteiger partial charge on any atom is 0.305 e. The van der Waals surface area contributed by atoms with Gasteiger partial charge in [0.05, 0.1) is 12.5 Å². The van der Waals surface area contributed by atoms with Gasteiger partial charge >= 0.3 is 5.97 Å². The van der Waals surface area contributed by atoms with Gasteiger partial charge in [-0.25, -0.2) is 0 Å². The van der Waals surface area contributed by atoms with Gasteiger partial charge in [0.25, 0.3) is 0 Å². The lowest BCUT2D eigenvalue weighted by atomic mass is 9.96. The maximum absolute atomic E-state index is 11.0. The Hall–Kier alpha value is -1.55. The topological polar surface area (TPSA) is 52.6 Å². The van der Waals surface area contributed by atoms with Gasteiger partial charge in [-0.15, -0.1) is 0 Å². The van der Waals surface area contributed by atoms with Crippen molar-refractivity contribution in [1.29, 1.82) is 0 Å². The first kappa shape index (κ1) is 13.9. The molecule has 0 amide bonds. The minimum Gasteiger partial charge on any atom is -0.481 e. The molecule has 0 spiro atoms. The van der Waals surface area contributed by atoms with E-state index in [0.717, 1.165) is 12.2 Å². The normalized spacial score (nSPS) is 22.3. The first-order valence-electron chi connectivity index (χ1n) is 6.67. The summed E-state index contributed by atoms with van der Waals surface area (Å²) in [7, 11) is 0. The smallest absolute Gasteiger partial charge is 0.305 e. The van der Waals surface area contributed by atoms with Gasteiger partial charge in [0.15, 0.2) is 0 Å². The highest BCUT2D eigenvalue weighted by Gasteiger charge is 2.33. The minimum absolute atomic E-state index is 0.000110. The molecule has 1 heterocycles. The summed E-state index contributed by atoms with van der Waals surface area (Å²) in [5.41, 5.74) is 2.32. The fourth-order valence-electron chi connectivity index (χ4n) is 2.54. The first-order valence-corrected chi connectivity index (χ1v) is 6.67. The largest absolute Gasteiger partial charge is 0.481 e. The number of aliphatic carboxylic acids is 1. The molecule has 4 heteroatoms. The number of carboxylic acid groups (broad SMARTS) is 1. The van der Waals surface area contributed by atoms with E-state index in [1.54, 1.807) is 0 Å². The predicted molar refractivity (Wildman–Crippen MR) is 76.6 cm³/mol. The molecule has 104 valence electrons. The van der Waals surface area contributed by atoms with Crippen LogP contribution in [0, 0.1) is 6.92 Å². The molecule has 0 saturated carbocycles. The van der Waals surface area contributed by atoms with E-state index in [9.17, 15) is 4.79 Å². The fraction of sp³-hybridized carbons (Fsp3) is 0.533. The van der Waals surface area contributed by atoms with Crippen molar-refractivity contribution in [1.82, 2.24) is 5.32 Å². The number of benzene rings is 1. The van der Waals surface area contributed by atoms with Gasteiger partial charge in [-0.3, -0.25) is 4.79 Å². The number of piperazine rings is 1. The molecule has 19 heavy (non-hydrogen) atoms. The van der Waals surface area contributed by atoms with E-state index in [4.69, 9.17) is 5.11 Å². The van der Waals surface area contributed by atoms with E-state index in [2.05, 4.69) is 55.3 Å². The van der Waals surface area contributed by atoms with Crippen LogP contribution in [-0.2, 0) is 4.79 Å². The summed E-state index contributed by atoms with van der Waals surface area (Å²) in [4.78, 5) is 13.2. The number of nitrogens with one attached hydrogen (secondary N) is 1. The van der Waals surface area contributed by atoms with Gasteiger partial charge in [0.2, 0.25) is 0 Å². The van der Waals surface area contributed by atoms with Crippen LogP contribution in [0.15, 0.2) is 24.3 Å². The van der Waals surface area contributed by atoms with Crippen molar-refractivity contribution >= 4 is 11.7 Å².